The van der Waals surface area contributed by atoms with Gasteiger partial charge in [0.2, 0.25) is 5.95 Å². The van der Waals surface area contributed by atoms with Crippen LogP contribution < -0.4 is 5.32 Å². The highest BCUT2D eigenvalue weighted by molar-refractivity contribution is 5.72. The lowest BCUT2D eigenvalue weighted by molar-refractivity contribution is 0.199. The fourth-order valence-corrected chi connectivity index (χ4v) is 2.73. The van der Waals surface area contributed by atoms with Crippen LogP contribution in [0.3, 0.4) is 0 Å². The van der Waals surface area contributed by atoms with E-state index in [0.29, 0.717) is 17.1 Å². The molecule has 130 valence electrons. The Morgan fingerprint density at radius 1 is 1.12 bits per heavy atom. The van der Waals surface area contributed by atoms with E-state index in [1.807, 2.05) is 55.5 Å². The van der Waals surface area contributed by atoms with Crippen molar-refractivity contribution < 1.29 is 5.11 Å². The first-order valence-electron chi connectivity index (χ1n) is 8.31. The second kappa shape index (κ2) is 6.53. The molecule has 0 saturated carbocycles. The first kappa shape index (κ1) is 16.2. The third kappa shape index (κ3) is 3.12. The maximum Gasteiger partial charge on any atom is 0.229 e. The molecule has 0 amide bonds. The number of aryl methyl sites for hydroxylation is 1. The first-order chi connectivity index (χ1) is 12.6. The van der Waals surface area contributed by atoms with Crippen molar-refractivity contribution >= 4 is 22.8 Å². The molecule has 4 rings (SSSR count). The minimum absolute atomic E-state index is 0.441. The number of nitrogens with zero attached hydrogens (tertiary/aromatic N) is 5. The Labute approximate surface area is 150 Å². The molecular formula is C19H18N6O. The summed E-state index contributed by atoms with van der Waals surface area (Å²) in [6.07, 6.45) is 1.11. The number of hydrogen-bond donors (Lipinski definition) is 2. The average molecular weight is 346 g/mol. The number of nitrogens with one attached hydrogen (secondary N) is 1. The van der Waals surface area contributed by atoms with Gasteiger partial charge in [-0.3, -0.25) is 0 Å². The van der Waals surface area contributed by atoms with Crippen molar-refractivity contribution in [1.29, 1.82) is 0 Å². The molecule has 0 spiro atoms. The van der Waals surface area contributed by atoms with Crippen molar-refractivity contribution in [2.24, 2.45) is 0 Å². The van der Waals surface area contributed by atoms with Crippen molar-refractivity contribution in [3.05, 3.63) is 65.9 Å². The van der Waals surface area contributed by atoms with Gasteiger partial charge >= 0.3 is 0 Å². The van der Waals surface area contributed by atoms with Crippen LogP contribution in [-0.4, -0.2) is 30.1 Å². The summed E-state index contributed by atoms with van der Waals surface area (Å²) in [5, 5.41) is 21.2. The third-order valence-electron chi connectivity index (χ3n) is 4.06. The molecule has 0 fully saturated rings. The molecule has 0 saturated heterocycles. The van der Waals surface area contributed by atoms with E-state index in [2.05, 4.69) is 25.6 Å². The van der Waals surface area contributed by atoms with Gasteiger partial charge in [-0.2, -0.15) is 9.67 Å². The molecule has 2 aromatic heterocycles. The van der Waals surface area contributed by atoms with Crippen molar-refractivity contribution in [2.75, 3.05) is 5.32 Å². The smallest absolute Gasteiger partial charge is 0.229 e. The van der Waals surface area contributed by atoms with Gasteiger partial charge in [-0.25, -0.2) is 4.98 Å². The van der Waals surface area contributed by atoms with Crippen LogP contribution in [-0.2, 0) is 0 Å². The van der Waals surface area contributed by atoms with Gasteiger partial charge in [0.25, 0.3) is 0 Å². The molecule has 0 radical (unpaired) electrons. The summed E-state index contributed by atoms with van der Waals surface area (Å²) >= 11 is 0. The zero-order valence-corrected chi connectivity index (χ0v) is 14.5. The summed E-state index contributed by atoms with van der Waals surface area (Å²) in [5.74, 6) is 0.441. The fourth-order valence-electron chi connectivity index (χ4n) is 2.73. The van der Waals surface area contributed by atoms with Gasteiger partial charge < -0.3 is 10.4 Å². The van der Waals surface area contributed by atoms with Crippen LogP contribution in [0.5, 0.6) is 0 Å². The van der Waals surface area contributed by atoms with Crippen LogP contribution in [0.2, 0.25) is 0 Å². The number of anilines is 2. The molecule has 7 heteroatoms. The number of rotatable bonds is 4. The Hall–Kier alpha value is -3.32. The molecule has 0 bridgehead atoms. The van der Waals surface area contributed by atoms with Crippen LogP contribution >= 0.6 is 0 Å². The molecule has 0 aliphatic rings. The van der Waals surface area contributed by atoms with Gasteiger partial charge in [0.15, 0.2) is 11.2 Å². The Bertz CT molecular complexity index is 1070. The topological polar surface area (TPSA) is 88.8 Å². The molecule has 26 heavy (non-hydrogen) atoms. The van der Waals surface area contributed by atoms with Gasteiger partial charge in [0.05, 0.1) is 18.0 Å². The predicted octanol–water partition coefficient (Wildman–Crippen LogP) is 3.32. The summed E-state index contributed by atoms with van der Waals surface area (Å²) in [6, 6.07) is 15.5. The fraction of sp³-hybridized carbons (Fsp3) is 0.158. The molecule has 2 heterocycles. The highest BCUT2D eigenvalue weighted by Crippen LogP contribution is 2.21. The second-order valence-corrected chi connectivity index (χ2v) is 6.17. The molecule has 2 aromatic carbocycles. The Morgan fingerprint density at radius 3 is 2.77 bits per heavy atom. The number of aromatic nitrogens is 5. The molecule has 1 unspecified atom stereocenters. The average Bonchev–Trinajstić information content (AvgIpc) is 3.05. The minimum atomic E-state index is -0.535. The molecular weight excluding hydrogens is 328 g/mol. The summed E-state index contributed by atoms with van der Waals surface area (Å²) < 4.78 is 1.70. The number of fused-ring (bicyclic) bond motifs is 1. The van der Waals surface area contributed by atoms with Crippen molar-refractivity contribution in [3.8, 4) is 5.69 Å². The zero-order valence-electron chi connectivity index (χ0n) is 14.5. The highest BCUT2D eigenvalue weighted by Gasteiger charge is 2.11. The second-order valence-electron chi connectivity index (χ2n) is 6.17. The Balaban J connectivity index is 1.71. The summed E-state index contributed by atoms with van der Waals surface area (Å²) in [4.78, 5) is 8.86. The largest absolute Gasteiger partial charge is 0.389 e. The molecule has 1 atom stereocenters. The van der Waals surface area contributed by atoms with Gasteiger partial charge in [-0.05, 0) is 49.2 Å². The lowest BCUT2D eigenvalue weighted by atomic mass is 10.1. The van der Waals surface area contributed by atoms with Crippen LogP contribution in [0.25, 0.3) is 16.9 Å². The lowest BCUT2D eigenvalue weighted by Gasteiger charge is -2.09. The summed E-state index contributed by atoms with van der Waals surface area (Å²) in [7, 11) is 0. The highest BCUT2D eigenvalue weighted by atomic mass is 16.3. The van der Waals surface area contributed by atoms with E-state index in [0.717, 1.165) is 22.5 Å². The van der Waals surface area contributed by atoms with Crippen LogP contribution in [0.15, 0.2) is 54.7 Å². The number of aliphatic hydroxyl groups is 1. The van der Waals surface area contributed by atoms with Crippen molar-refractivity contribution in [3.63, 3.8) is 0 Å². The van der Waals surface area contributed by atoms with E-state index in [1.54, 1.807) is 17.8 Å². The number of hydrogen-bond acceptors (Lipinski definition) is 6. The van der Waals surface area contributed by atoms with E-state index in [-0.39, 0.29) is 0 Å². The lowest BCUT2D eigenvalue weighted by Crippen LogP contribution is -2.02. The third-order valence-corrected chi connectivity index (χ3v) is 4.06. The van der Waals surface area contributed by atoms with Gasteiger partial charge in [-0.15, -0.1) is 5.10 Å². The Morgan fingerprint density at radius 2 is 1.96 bits per heavy atom. The molecule has 0 aliphatic heterocycles. The van der Waals surface area contributed by atoms with Crippen molar-refractivity contribution in [2.45, 2.75) is 20.0 Å². The standard InChI is InChI=1S/C19H18N6O/c1-12-5-3-8-16(9-12)25-18-17(23-24-25)11-20-19(22-18)21-15-7-4-6-14(10-15)13(2)26/h3-11,13,26H,1-2H3,(H,20,21,22). The van der Waals surface area contributed by atoms with Crippen molar-refractivity contribution in [1.82, 2.24) is 25.0 Å². The molecule has 4 aromatic rings. The Kier molecular flexibility index (Phi) is 4.06. The summed E-state index contributed by atoms with van der Waals surface area (Å²) in [6.45, 7) is 3.76. The monoisotopic (exact) mass is 346 g/mol. The molecule has 7 nitrogen and oxygen atoms in total. The molecule has 0 aliphatic carbocycles. The van der Waals surface area contributed by atoms with Crippen LogP contribution in [0.4, 0.5) is 11.6 Å². The van der Waals surface area contributed by atoms with Gasteiger partial charge in [0.1, 0.15) is 0 Å². The SMILES string of the molecule is Cc1cccc(-n2nnc3cnc(Nc4cccc(C(C)O)c4)nc32)c1. The van der Waals surface area contributed by atoms with E-state index in [4.69, 9.17) is 0 Å². The van der Waals surface area contributed by atoms with Gasteiger partial charge in [-0.1, -0.05) is 29.5 Å². The molecule has 2 N–H and O–H groups in total. The van der Waals surface area contributed by atoms with E-state index < -0.39 is 6.10 Å². The van der Waals surface area contributed by atoms with Crippen LogP contribution in [0.1, 0.15) is 24.2 Å². The number of aliphatic hydroxyl groups excluding tert-OH is 1. The predicted molar refractivity (Wildman–Crippen MR) is 99.6 cm³/mol. The minimum Gasteiger partial charge on any atom is -0.389 e. The number of benzene rings is 2. The van der Waals surface area contributed by atoms with E-state index in [1.165, 1.54) is 0 Å². The van der Waals surface area contributed by atoms with E-state index in [9.17, 15) is 5.11 Å². The summed E-state index contributed by atoms with van der Waals surface area (Å²) in [5.41, 5.74) is 4.90. The maximum absolute atomic E-state index is 9.73. The van der Waals surface area contributed by atoms with Crippen LogP contribution in [0, 0.1) is 6.92 Å². The van der Waals surface area contributed by atoms with E-state index >= 15 is 0 Å². The zero-order chi connectivity index (χ0) is 18.1. The quantitative estimate of drug-likeness (QED) is 0.589. The maximum atomic E-state index is 9.73. The normalized spacial score (nSPS) is 12.3. The first-order valence-corrected chi connectivity index (χ1v) is 8.31. The van der Waals surface area contributed by atoms with Gasteiger partial charge in [0, 0.05) is 5.69 Å².